The molecule has 2 aliphatic rings. The Kier molecular flexibility index (Phi) is 2.91. The lowest BCUT2D eigenvalue weighted by molar-refractivity contribution is 0.137. The van der Waals surface area contributed by atoms with Gasteiger partial charge in [-0.3, -0.25) is 4.90 Å². The van der Waals surface area contributed by atoms with E-state index in [0.29, 0.717) is 6.04 Å². The minimum absolute atomic E-state index is 0.00428. The molecule has 0 aromatic heterocycles. The first-order chi connectivity index (χ1) is 8.25. The SMILES string of the molecule is CC1CCN(C2CCc3c(F)cccc32)CC1. The van der Waals surface area contributed by atoms with E-state index in [-0.39, 0.29) is 5.82 Å². The molecule has 1 aromatic rings. The number of piperidine rings is 1. The Morgan fingerprint density at radius 1 is 1.18 bits per heavy atom. The van der Waals surface area contributed by atoms with Gasteiger partial charge in [-0.15, -0.1) is 0 Å². The predicted octanol–water partition coefficient (Wildman–Crippen LogP) is 3.54. The second-order valence-electron chi connectivity index (χ2n) is 5.58. The smallest absolute Gasteiger partial charge is 0.126 e. The minimum atomic E-state index is -0.00428. The summed E-state index contributed by atoms with van der Waals surface area (Å²) in [7, 11) is 0. The third kappa shape index (κ3) is 1.99. The number of hydrogen-bond donors (Lipinski definition) is 0. The average molecular weight is 233 g/mol. The molecule has 1 atom stereocenters. The topological polar surface area (TPSA) is 3.24 Å². The van der Waals surface area contributed by atoms with E-state index >= 15 is 0 Å². The number of halogens is 1. The summed E-state index contributed by atoms with van der Waals surface area (Å²) in [6.45, 7) is 4.70. The van der Waals surface area contributed by atoms with Crippen LogP contribution in [-0.4, -0.2) is 18.0 Å². The summed E-state index contributed by atoms with van der Waals surface area (Å²) >= 11 is 0. The summed E-state index contributed by atoms with van der Waals surface area (Å²) in [5, 5.41) is 0. The van der Waals surface area contributed by atoms with Gasteiger partial charge in [0.25, 0.3) is 0 Å². The molecule has 1 unspecified atom stereocenters. The normalized spacial score (nSPS) is 26.1. The van der Waals surface area contributed by atoms with E-state index in [4.69, 9.17) is 0 Å². The first kappa shape index (κ1) is 11.2. The van der Waals surface area contributed by atoms with Crippen LogP contribution in [0.15, 0.2) is 18.2 Å². The Morgan fingerprint density at radius 2 is 1.94 bits per heavy atom. The minimum Gasteiger partial charge on any atom is -0.296 e. The van der Waals surface area contributed by atoms with Crippen molar-refractivity contribution in [1.29, 1.82) is 0 Å². The molecule has 2 heteroatoms. The van der Waals surface area contributed by atoms with Crippen LogP contribution in [0.5, 0.6) is 0 Å². The highest BCUT2D eigenvalue weighted by molar-refractivity contribution is 5.35. The summed E-state index contributed by atoms with van der Waals surface area (Å²) in [5.41, 5.74) is 2.22. The zero-order chi connectivity index (χ0) is 11.8. The Morgan fingerprint density at radius 3 is 2.71 bits per heavy atom. The standard InChI is InChI=1S/C15H20FN/c1-11-7-9-17(10-8-11)15-6-5-12-13(15)3-2-4-14(12)16/h2-4,11,15H,5-10H2,1H3. The third-order valence-electron chi connectivity index (χ3n) is 4.44. The van der Waals surface area contributed by atoms with Gasteiger partial charge in [-0.2, -0.15) is 0 Å². The third-order valence-corrected chi connectivity index (χ3v) is 4.44. The highest BCUT2D eigenvalue weighted by Gasteiger charge is 2.31. The molecule has 0 spiro atoms. The van der Waals surface area contributed by atoms with Crippen LogP contribution in [0.1, 0.15) is 43.4 Å². The zero-order valence-corrected chi connectivity index (χ0v) is 10.5. The number of likely N-dealkylation sites (tertiary alicyclic amines) is 1. The van der Waals surface area contributed by atoms with E-state index in [2.05, 4.69) is 17.9 Å². The van der Waals surface area contributed by atoms with Crippen molar-refractivity contribution in [2.75, 3.05) is 13.1 Å². The number of hydrogen-bond acceptors (Lipinski definition) is 1. The number of rotatable bonds is 1. The summed E-state index contributed by atoms with van der Waals surface area (Å²) < 4.78 is 13.7. The highest BCUT2D eigenvalue weighted by atomic mass is 19.1. The van der Waals surface area contributed by atoms with Crippen molar-refractivity contribution in [1.82, 2.24) is 4.90 Å². The second-order valence-corrected chi connectivity index (χ2v) is 5.58. The van der Waals surface area contributed by atoms with Crippen molar-refractivity contribution in [2.24, 2.45) is 5.92 Å². The van der Waals surface area contributed by atoms with Crippen LogP contribution in [0, 0.1) is 11.7 Å². The first-order valence-electron chi connectivity index (χ1n) is 6.77. The van der Waals surface area contributed by atoms with E-state index in [0.717, 1.165) is 24.3 Å². The van der Waals surface area contributed by atoms with Gasteiger partial charge in [0.15, 0.2) is 0 Å². The molecule has 1 fully saturated rings. The summed E-state index contributed by atoms with van der Waals surface area (Å²) in [6.07, 6.45) is 4.60. The van der Waals surface area contributed by atoms with E-state index in [1.165, 1.54) is 31.5 Å². The van der Waals surface area contributed by atoms with Crippen molar-refractivity contribution in [3.63, 3.8) is 0 Å². The molecule has 17 heavy (non-hydrogen) atoms. The largest absolute Gasteiger partial charge is 0.296 e. The monoisotopic (exact) mass is 233 g/mol. The Labute approximate surface area is 103 Å². The van der Waals surface area contributed by atoms with Crippen molar-refractivity contribution in [3.05, 3.63) is 35.1 Å². The van der Waals surface area contributed by atoms with Gasteiger partial charge in [-0.25, -0.2) is 4.39 Å². The van der Waals surface area contributed by atoms with E-state index in [1.807, 2.05) is 6.07 Å². The summed E-state index contributed by atoms with van der Waals surface area (Å²) in [6, 6.07) is 6.06. The van der Waals surface area contributed by atoms with Gasteiger partial charge >= 0.3 is 0 Å². The Hall–Kier alpha value is -0.890. The van der Waals surface area contributed by atoms with Crippen molar-refractivity contribution in [3.8, 4) is 0 Å². The molecular formula is C15H20FN. The van der Waals surface area contributed by atoms with Crippen LogP contribution in [0.4, 0.5) is 4.39 Å². The average Bonchev–Trinajstić information content (AvgIpc) is 2.75. The van der Waals surface area contributed by atoms with Crippen LogP contribution >= 0.6 is 0 Å². The molecule has 1 aliphatic heterocycles. The van der Waals surface area contributed by atoms with Crippen LogP contribution in [-0.2, 0) is 6.42 Å². The number of nitrogens with zero attached hydrogens (tertiary/aromatic N) is 1. The lowest BCUT2D eigenvalue weighted by Crippen LogP contribution is -2.35. The van der Waals surface area contributed by atoms with Crippen molar-refractivity contribution in [2.45, 2.75) is 38.6 Å². The molecule has 0 bridgehead atoms. The van der Waals surface area contributed by atoms with E-state index < -0.39 is 0 Å². The predicted molar refractivity (Wildman–Crippen MR) is 67.4 cm³/mol. The Balaban J connectivity index is 1.82. The lowest BCUT2D eigenvalue weighted by atomic mass is 9.96. The molecule has 1 aliphatic carbocycles. The molecule has 1 nitrogen and oxygen atoms in total. The zero-order valence-electron chi connectivity index (χ0n) is 10.5. The molecule has 1 aromatic carbocycles. The fourth-order valence-electron chi connectivity index (χ4n) is 3.31. The Bertz CT molecular complexity index is 407. The van der Waals surface area contributed by atoms with Gasteiger partial charge in [-0.05, 0) is 61.9 Å². The maximum Gasteiger partial charge on any atom is 0.126 e. The first-order valence-corrected chi connectivity index (χ1v) is 6.77. The molecule has 1 heterocycles. The quantitative estimate of drug-likeness (QED) is 0.717. The summed E-state index contributed by atoms with van der Waals surface area (Å²) in [4.78, 5) is 2.56. The maximum absolute atomic E-state index is 13.7. The second kappa shape index (κ2) is 4.41. The molecule has 92 valence electrons. The van der Waals surface area contributed by atoms with E-state index in [9.17, 15) is 4.39 Å². The maximum atomic E-state index is 13.7. The van der Waals surface area contributed by atoms with Crippen LogP contribution in [0.25, 0.3) is 0 Å². The van der Waals surface area contributed by atoms with Crippen LogP contribution in [0.2, 0.25) is 0 Å². The van der Waals surface area contributed by atoms with Crippen molar-refractivity contribution >= 4 is 0 Å². The molecule has 0 amide bonds. The van der Waals surface area contributed by atoms with Gasteiger partial charge in [0, 0.05) is 6.04 Å². The highest BCUT2D eigenvalue weighted by Crippen LogP contribution is 2.38. The molecule has 0 radical (unpaired) electrons. The number of fused-ring (bicyclic) bond motifs is 1. The fourth-order valence-corrected chi connectivity index (χ4v) is 3.31. The summed E-state index contributed by atoms with van der Waals surface area (Å²) in [5.74, 6) is 0.856. The van der Waals surface area contributed by atoms with Gasteiger partial charge in [0.1, 0.15) is 5.82 Å². The number of benzene rings is 1. The fraction of sp³-hybridized carbons (Fsp3) is 0.600. The van der Waals surface area contributed by atoms with E-state index in [1.54, 1.807) is 6.07 Å². The molecule has 3 rings (SSSR count). The van der Waals surface area contributed by atoms with Crippen molar-refractivity contribution < 1.29 is 4.39 Å². The van der Waals surface area contributed by atoms with Gasteiger partial charge in [0.2, 0.25) is 0 Å². The molecule has 1 saturated heterocycles. The van der Waals surface area contributed by atoms with Gasteiger partial charge in [-0.1, -0.05) is 19.1 Å². The van der Waals surface area contributed by atoms with Gasteiger partial charge in [0.05, 0.1) is 0 Å². The van der Waals surface area contributed by atoms with Crippen LogP contribution < -0.4 is 0 Å². The molecule has 0 N–H and O–H groups in total. The van der Waals surface area contributed by atoms with Crippen LogP contribution in [0.3, 0.4) is 0 Å². The van der Waals surface area contributed by atoms with Gasteiger partial charge < -0.3 is 0 Å². The lowest BCUT2D eigenvalue weighted by Gasteiger charge is -2.35. The molecule has 0 saturated carbocycles. The molecular weight excluding hydrogens is 213 g/mol.